The Morgan fingerprint density at radius 2 is 2.19 bits per heavy atom. The molecule has 3 N–H and O–H groups in total. The molecule has 2 heterocycles. The smallest absolute Gasteiger partial charge is 0.326 e. The van der Waals surface area contributed by atoms with Crippen LogP contribution >= 0.6 is 22.9 Å². The van der Waals surface area contributed by atoms with Crippen LogP contribution in [0.15, 0.2) is 35.7 Å². The number of halogens is 1. The number of urea groups is 1. The summed E-state index contributed by atoms with van der Waals surface area (Å²) in [6, 6.07) is 4.63. The van der Waals surface area contributed by atoms with Crippen molar-refractivity contribution in [2.45, 2.75) is 0 Å². The van der Waals surface area contributed by atoms with Gasteiger partial charge >= 0.3 is 6.03 Å². The van der Waals surface area contributed by atoms with E-state index in [1.807, 2.05) is 0 Å². The van der Waals surface area contributed by atoms with Gasteiger partial charge in [0.2, 0.25) is 0 Å². The van der Waals surface area contributed by atoms with Crippen LogP contribution in [0.3, 0.4) is 0 Å². The fraction of sp³-hybridized carbons (Fsp3) is 0. The Balaban J connectivity index is 2.27. The SMILES string of the molecule is [2H]c1cc(C(O)=C2C(=O)N(C(N)=O)c3ccc(Cl)cc32)sc1[2H]. The molecule has 3 amide bonds. The number of carbonyl (C=O) groups is 2. The van der Waals surface area contributed by atoms with Gasteiger partial charge in [0.05, 0.1) is 18.9 Å². The van der Waals surface area contributed by atoms with Gasteiger partial charge in [-0.3, -0.25) is 4.79 Å². The van der Waals surface area contributed by atoms with Crippen LogP contribution in [-0.2, 0) is 4.79 Å². The number of benzene rings is 1. The Morgan fingerprint density at radius 1 is 1.43 bits per heavy atom. The van der Waals surface area contributed by atoms with Gasteiger partial charge in [-0.15, -0.1) is 11.3 Å². The molecule has 2 aromatic rings. The highest BCUT2D eigenvalue weighted by atomic mass is 35.5. The highest BCUT2D eigenvalue weighted by Gasteiger charge is 2.38. The van der Waals surface area contributed by atoms with Crippen molar-refractivity contribution in [3.8, 4) is 0 Å². The second-order valence-electron chi connectivity index (χ2n) is 4.22. The van der Waals surface area contributed by atoms with E-state index in [0.717, 1.165) is 16.2 Å². The molecule has 0 radical (unpaired) electrons. The molecule has 0 bridgehead atoms. The minimum Gasteiger partial charge on any atom is -0.506 e. The van der Waals surface area contributed by atoms with Crippen LogP contribution in [0.5, 0.6) is 0 Å². The van der Waals surface area contributed by atoms with Gasteiger partial charge in [0, 0.05) is 10.6 Å². The number of carbonyl (C=O) groups excluding carboxylic acids is 2. The van der Waals surface area contributed by atoms with E-state index in [0.29, 0.717) is 5.02 Å². The molecule has 0 atom stereocenters. The van der Waals surface area contributed by atoms with Crippen LogP contribution in [0.2, 0.25) is 5.02 Å². The Kier molecular flexibility index (Phi) is 2.65. The van der Waals surface area contributed by atoms with Crippen LogP contribution in [-0.4, -0.2) is 17.0 Å². The van der Waals surface area contributed by atoms with Crippen molar-refractivity contribution in [1.29, 1.82) is 0 Å². The van der Waals surface area contributed by atoms with Crippen molar-refractivity contribution in [3.05, 3.63) is 51.1 Å². The van der Waals surface area contributed by atoms with Gasteiger partial charge in [-0.05, 0) is 29.6 Å². The number of amides is 3. The number of aliphatic hydroxyl groups excluding tert-OH is 1. The summed E-state index contributed by atoms with van der Waals surface area (Å²) in [5.74, 6) is -1.20. The number of hydrogen-bond acceptors (Lipinski definition) is 4. The van der Waals surface area contributed by atoms with Gasteiger partial charge in [-0.2, -0.15) is 0 Å². The summed E-state index contributed by atoms with van der Waals surface area (Å²) < 4.78 is 15.1. The molecule has 1 aromatic heterocycles. The van der Waals surface area contributed by atoms with Gasteiger partial charge in [-0.1, -0.05) is 17.6 Å². The first-order chi connectivity index (χ1) is 10.8. The molecule has 0 aliphatic carbocycles. The first-order valence-corrected chi connectivity index (χ1v) is 6.95. The number of hydrogen-bond donors (Lipinski definition) is 2. The molecule has 5 nitrogen and oxygen atoms in total. The average molecular weight is 323 g/mol. The van der Waals surface area contributed by atoms with Crippen molar-refractivity contribution < 1.29 is 17.4 Å². The lowest BCUT2D eigenvalue weighted by atomic mass is 10.1. The summed E-state index contributed by atoms with van der Waals surface area (Å²) in [5, 5.41) is 10.7. The second-order valence-corrected chi connectivity index (χ2v) is 5.51. The summed E-state index contributed by atoms with van der Waals surface area (Å²) in [5.41, 5.74) is 5.60. The van der Waals surface area contributed by atoms with E-state index in [1.54, 1.807) is 0 Å². The third kappa shape index (κ3) is 2.09. The van der Waals surface area contributed by atoms with Gasteiger partial charge in [0.25, 0.3) is 5.91 Å². The zero-order chi connectivity index (χ0) is 16.9. The van der Waals surface area contributed by atoms with Crippen LogP contribution in [0.4, 0.5) is 10.5 Å². The fourth-order valence-corrected chi connectivity index (χ4v) is 2.85. The monoisotopic (exact) mass is 322 g/mol. The number of rotatable bonds is 1. The normalized spacial score (nSPS) is 17.4. The number of nitrogens with zero attached hydrogens (tertiary/aromatic N) is 1. The molecule has 1 aliphatic heterocycles. The number of aliphatic hydroxyl groups is 1. The zero-order valence-electron chi connectivity index (χ0n) is 12.4. The maximum absolute atomic E-state index is 12.5. The predicted molar refractivity (Wildman–Crippen MR) is 82.3 cm³/mol. The maximum Gasteiger partial charge on any atom is 0.326 e. The lowest BCUT2D eigenvalue weighted by Gasteiger charge is -2.11. The largest absolute Gasteiger partial charge is 0.506 e. The average Bonchev–Trinajstić information content (AvgIpc) is 2.95. The molecule has 0 fully saturated rings. The summed E-state index contributed by atoms with van der Waals surface area (Å²) in [6.07, 6.45) is 0. The number of fused-ring (bicyclic) bond motifs is 1. The van der Waals surface area contributed by atoms with Gasteiger partial charge in [-0.25, -0.2) is 9.69 Å². The lowest BCUT2D eigenvalue weighted by molar-refractivity contribution is -0.112. The Bertz CT molecular complexity index is 875. The Hall–Kier alpha value is -2.31. The molecule has 7 heteroatoms. The first kappa shape index (κ1) is 11.4. The minimum atomic E-state index is -0.977. The molecule has 106 valence electrons. The molecule has 3 rings (SSSR count). The predicted octanol–water partition coefficient (Wildman–Crippen LogP) is 3.25. The lowest BCUT2D eigenvalue weighted by Crippen LogP contribution is -2.37. The van der Waals surface area contributed by atoms with E-state index < -0.39 is 17.7 Å². The summed E-state index contributed by atoms with van der Waals surface area (Å²) in [7, 11) is 0. The number of primary amides is 1. The number of anilines is 1. The van der Waals surface area contributed by atoms with Crippen LogP contribution in [0.1, 0.15) is 13.2 Å². The van der Waals surface area contributed by atoms with E-state index in [-0.39, 0.29) is 33.1 Å². The maximum atomic E-state index is 12.5. The topological polar surface area (TPSA) is 83.6 Å². The molecular formula is C14H9ClN2O3S. The van der Waals surface area contributed by atoms with Crippen molar-refractivity contribution in [3.63, 3.8) is 0 Å². The fourth-order valence-electron chi connectivity index (χ4n) is 2.14. The molecule has 1 aromatic carbocycles. The van der Waals surface area contributed by atoms with E-state index in [4.69, 9.17) is 20.1 Å². The molecule has 0 saturated heterocycles. The van der Waals surface area contributed by atoms with Gasteiger partial charge < -0.3 is 10.8 Å². The van der Waals surface area contributed by atoms with E-state index in [1.165, 1.54) is 24.3 Å². The third-order valence-electron chi connectivity index (χ3n) is 3.00. The van der Waals surface area contributed by atoms with Crippen molar-refractivity contribution in [2.75, 3.05) is 4.90 Å². The minimum absolute atomic E-state index is 0.0457. The number of imide groups is 1. The number of nitrogens with two attached hydrogens (primary N) is 1. The molecule has 1 aliphatic rings. The van der Waals surface area contributed by atoms with Crippen molar-refractivity contribution in [2.24, 2.45) is 5.73 Å². The summed E-state index contributed by atoms with van der Waals surface area (Å²) in [4.78, 5) is 25.0. The van der Waals surface area contributed by atoms with Crippen LogP contribution < -0.4 is 10.6 Å². The Morgan fingerprint density at radius 3 is 2.81 bits per heavy atom. The second kappa shape index (κ2) is 4.91. The van der Waals surface area contributed by atoms with Crippen molar-refractivity contribution >= 4 is 51.9 Å². The zero-order valence-corrected chi connectivity index (χ0v) is 12.0. The number of thiophene rings is 1. The summed E-state index contributed by atoms with van der Waals surface area (Å²) in [6.45, 7) is 0. The van der Waals surface area contributed by atoms with Gasteiger partial charge in [0.1, 0.15) is 5.76 Å². The standard InChI is InChI=1S/C14H9ClN2O3S/c15-7-3-4-9-8(6-7)11(13(19)17(9)14(16)20)12(18)10-2-1-5-21-10/h1-6,18H,(H2,16,20)/i1D,5D. The van der Waals surface area contributed by atoms with Crippen molar-refractivity contribution in [1.82, 2.24) is 0 Å². The third-order valence-corrected chi connectivity index (χ3v) is 3.99. The molecular weight excluding hydrogens is 312 g/mol. The molecule has 21 heavy (non-hydrogen) atoms. The molecule has 0 spiro atoms. The molecule has 0 unspecified atom stereocenters. The highest BCUT2D eigenvalue weighted by Crippen LogP contribution is 2.41. The highest BCUT2D eigenvalue weighted by molar-refractivity contribution is 7.11. The Labute approximate surface area is 131 Å². The molecule has 0 saturated carbocycles. The van der Waals surface area contributed by atoms with E-state index in [9.17, 15) is 14.7 Å². The van der Waals surface area contributed by atoms with Crippen LogP contribution in [0, 0.1) is 0 Å². The first-order valence-electron chi connectivity index (χ1n) is 6.75. The van der Waals surface area contributed by atoms with Gasteiger partial charge in [0.15, 0.2) is 0 Å². The quantitative estimate of drug-likeness (QED) is 0.624. The van der Waals surface area contributed by atoms with E-state index >= 15 is 0 Å². The summed E-state index contributed by atoms with van der Waals surface area (Å²) >= 11 is 6.79. The van der Waals surface area contributed by atoms with E-state index in [2.05, 4.69) is 0 Å². The van der Waals surface area contributed by atoms with Crippen LogP contribution in [0.25, 0.3) is 11.3 Å².